The van der Waals surface area contributed by atoms with Gasteiger partial charge in [0.25, 0.3) is 20.2 Å². The lowest BCUT2D eigenvalue weighted by Gasteiger charge is -2.07. The third kappa shape index (κ3) is 6.22. The van der Waals surface area contributed by atoms with Crippen molar-refractivity contribution in [2.24, 2.45) is 0 Å². The van der Waals surface area contributed by atoms with Gasteiger partial charge < -0.3 is 4.74 Å². The van der Waals surface area contributed by atoms with Gasteiger partial charge in [-0.05, 0) is 24.3 Å². The highest BCUT2D eigenvalue weighted by Gasteiger charge is 2.15. The molecule has 25 heavy (non-hydrogen) atoms. The smallest absolute Gasteiger partial charge is 0.297 e. The van der Waals surface area contributed by atoms with Crippen molar-refractivity contribution in [3.05, 3.63) is 60.7 Å². The lowest BCUT2D eigenvalue weighted by Crippen LogP contribution is -2.15. The average Bonchev–Trinajstić information content (AvgIpc) is 2.62. The first-order valence-corrected chi connectivity index (χ1v) is 10.2. The molecule has 0 N–H and O–H groups in total. The van der Waals surface area contributed by atoms with Gasteiger partial charge in [0, 0.05) is 0 Å². The number of ether oxygens (including phenoxy) is 1. The molecule has 0 fully saturated rings. The predicted octanol–water partition coefficient (Wildman–Crippen LogP) is 1.81. The summed E-state index contributed by atoms with van der Waals surface area (Å²) in [6.07, 6.45) is 0. The number of rotatable bonds is 10. The molecule has 0 saturated heterocycles. The van der Waals surface area contributed by atoms with Gasteiger partial charge in [0.1, 0.15) is 0 Å². The van der Waals surface area contributed by atoms with Crippen LogP contribution in [0.2, 0.25) is 0 Å². The minimum Gasteiger partial charge on any atom is -0.377 e. The highest BCUT2D eigenvalue weighted by atomic mass is 32.2. The van der Waals surface area contributed by atoms with Gasteiger partial charge in [-0.2, -0.15) is 16.8 Å². The lowest BCUT2D eigenvalue weighted by molar-refractivity contribution is 0.0794. The van der Waals surface area contributed by atoms with E-state index >= 15 is 0 Å². The summed E-state index contributed by atoms with van der Waals surface area (Å²) in [5, 5.41) is 0. The van der Waals surface area contributed by atoms with Crippen LogP contribution in [0.3, 0.4) is 0 Å². The summed E-state index contributed by atoms with van der Waals surface area (Å²) < 4.78 is 62.1. The van der Waals surface area contributed by atoms with Crippen LogP contribution in [0.15, 0.2) is 70.5 Å². The van der Waals surface area contributed by atoms with E-state index in [9.17, 15) is 16.8 Å². The van der Waals surface area contributed by atoms with Crippen LogP contribution < -0.4 is 0 Å². The van der Waals surface area contributed by atoms with Crippen molar-refractivity contribution in [3.63, 3.8) is 0 Å². The van der Waals surface area contributed by atoms with Crippen molar-refractivity contribution in [1.29, 1.82) is 0 Å². The Morgan fingerprint density at radius 1 is 0.560 bits per heavy atom. The number of hydrogen-bond acceptors (Lipinski definition) is 7. The molecule has 9 heteroatoms. The van der Waals surface area contributed by atoms with Crippen LogP contribution in [0.25, 0.3) is 0 Å². The topological polar surface area (TPSA) is 96.0 Å². The summed E-state index contributed by atoms with van der Waals surface area (Å²) in [7, 11) is -7.64. The maximum absolute atomic E-state index is 11.8. The van der Waals surface area contributed by atoms with Crippen LogP contribution in [0.5, 0.6) is 0 Å². The molecule has 0 spiro atoms. The fourth-order valence-corrected chi connectivity index (χ4v) is 3.65. The molecule has 0 unspecified atom stereocenters. The quantitative estimate of drug-likeness (QED) is 0.454. The largest absolute Gasteiger partial charge is 0.377 e. The second-order valence-corrected chi connectivity index (χ2v) is 8.02. The zero-order valence-corrected chi connectivity index (χ0v) is 14.9. The van der Waals surface area contributed by atoms with Crippen LogP contribution in [0.4, 0.5) is 0 Å². The van der Waals surface area contributed by atoms with Crippen LogP contribution in [-0.2, 0) is 33.3 Å². The Kier molecular flexibility index (Phi) is 7.09. The van der Waals surface area contributed by atoms with Gasteiger partial charge in [-0.25, -0.2) is 0 Å². The highest BCUT2D eigenvalue weighted by molar-refractivity contribution is 7.87. The molecule has 0 amide bonds. The molecule has 0 saturated carbocycles. The Hall–Kier alpha value is -1.78. The number of hydrogen-bond donors (Lipinski definition) is 0. The molecule has 2 rings (SSSR count). The molecule has 0 aliphatic carbocycles. The molecule has 0 aliphatic rings. The van der Waals surface area contributed by atoms with E-state index in [1.54, 1.807) is 36.4 Å². The van der Waals surface area contributed by atoms with E-state index in [0.29, 0.717) is 0 Å². The molecule has 136 valence electrons. The summed E-state index contributed by atoms with van der Waals surface area (Å²) in [5.74, 6) is 0. The molecule has 2 aromatic rings. The molecule has 0 bridgehead atoms. The van der Waals surface area contributed by atoms with Crippen molar-refractivity contribution in [3.8, 4) is 0 Å². The van der Waals surface area contributed by atoms with Gasteiger partial charge in [0.2, 0.25) is 0 Å². The third-order valence-corrected chi connectivity index (χ3v) is 5.65. The molecule has 0 radical (unpaired) electrons. The maximum atomic E-state index is 11.8. The minimum atomic E-state index is -3.82. The first kappa shape index (κ1) is 19.5. The zero-order valence-electron chi connectivity index (χ0n) is 13.3. The van der Waals surface area contributed by atoms with E-state index in [1.807, 2.05) is 0 Å². The van der Waals surface area contributed by atoms with Gasteiger partial charge in [-0.1, -0.05) is 36.4 Å². The van der Waals surface area contributed by atoms with Gasteiger partial charge in [-0.15, -0.1) is 0 Å². The van der Waals surface area contributed by atoms with Crippen molar-refractivity contribution in [2.45, 2.75) is 9.79 Å². The van der Waals surface area contributed by atoms with Gasteiger partial charge in [0.15, 0.2) is 0 Å². The summed E-state index contributed by atoms with van der Waals surface area (Å²) in [6.45, 7) is -0.382. The van der Waals surface area contributed by atoms with Crippen LogP contribution in [-0.4, -0.2) is 43.3 Å². The Labute approximate surface area is 147 Å². The minimum absolute atomic E-state index is 0.0131. The first-order valence-electron chi connectivity index (χ1n) is 7.38. The molecule has 7 nitrogen and oxygen atoms in total. The first-order chi connectivity index (χ1) is 11.9. The summed E-state index contributed by atoms with van der Waals surface area (Å²) in [6, 6.07) is 15.5. The Morgan fingerprint density at radius 2 is 0.920 bits per heavy atom. The van der Waals surface area contributed by atoms with E-state index in [4.69, 9.17) is 13.1 Å². The molecule has 0 atom stereocenters. The highest BCUT2D eigenvalue weighted by Crippen LogP contribution is 2.12. The summed E-state index contributed by atoms with van der Waals surface area (Å²) in [5.41, 5.74) is 0. The monoisotopic (exact) mass is 386 g/mol. The van der Waals surface area contributed by atoms with Crippen LogP contribution >= 0.6 is 0 Å². The fourth-order valence-electron chi connectivity index (χ4n) is 1.82. The van der Waals surface area contributed by atoms with Crippen molar-refractivity contribution in [1.82, 2.24) is 0 Å². The van der Waals surface area contributed by atoms with E-state index in [2.05, 4.69) is 0 Å². The van der Waals surface area contributed by atoms with Gasteiger partial charge >= 0.3 is 0 Å². The van der Waals surface area contributed by atoms with Crippen molar-refractivity contribution in [2.75, 3.05) is 26.4 Å². The van der Waals surface area contributed by atoms with Gasteiger partial charge in [-0.3, -0.25) is 8.37 Å². The Morgan fingerprint density at radius 3 is 1.28 bits per heavy atom. The predicted molar refractivity (Wildman–Crippen MR) is 90.0 cm³/mol. The average molecular weight is 386 g/mol. The lowest BCUT2D eigenvalue weighted by atomic mass is 10.4. The second kappa shape index (κ2) is 9.07. The Balaban J connectivity index is 1.66. The normalized spacial score (nSPS) is 12.2. The fraction of sp³-hybridized carbons (Fsp3) is 0.250. The maximum Gasteiger partial charge on any atom is 0.297 e. The number of benzene rings is 2. The van der Waals surface area contributed by atoms with Gasteiger partial charge in [0.05, 0.1) is 36.2 Å². The summed E-state index contributed by atoms with van der Waals surface area (Å²) in [4.78, 5) is 0.125. The van der Waals surface area contributed by atoms with Crippen LogP contribution in [0, 0.1) is 0 Å². The SMILES string of the molecule is O=S(=O)(OCCOCCOS(=O)(=O)c1ccccc1)c1ccccc1. The van der Waals surface area contributed by atoms with Crippen molar-refractivity contribution >= 4 is 20.2 Å². The van der Waals surface area contributed by atoms with Crippen LogP contribution in [0.1, 0.15) is 0 Å². The zero-order chi connectivity index (χ0) is 18.2. The van der Waals surface area contributed by atoms with E-state index < -0.39 is 20.2 Å². The van der Waals surface area contributed by atoms with E-state index in [1.165, 1.54) is 24.3 Å². The van der Waals surface area contributed by atoms with Crippen molar-refractivity contribution < 1.29 is 29.9 Å². The van der Waals surface area contributed by atoms with E-state index in [-0.39, 0.29) is 36.2 Å². The third-order valence-electron chi connectivity index (χ3n) is 3.00. The standard InChI is InChI=1S/C16H18O7S2/c17-24(18,15-7-3-1-4-8-15)22-13-11-21-12-14-23-25(19,20)16-9-5-2-6-10-16/h1-10H,11-14H2. The molecule has 0 heterocycles. The van der Waals surface area contributed by atoms with E-state index in [0.717, 1.165) is 0 Å². The molecule has 0 aromatic heterocycles. The Bertz CT molecular complexity index is 774. The second-order valence-electron chi connectivity index (χ2n) is 4.79. The molecular formula is C16H18O7S2. The molecular weight excluding hydrogens is 368 g/mol. The molecule has 0 aliphatic heterocycles. The molecule has 2 aromatic carbocycles. The summed E-state index contributed by atoms with van der Waals surface area (Å²) >= 11 is 0.